The summed E-state index contributed by atoms with van der Waals surface area (Å²) in [6, 6.07) is 0. The van der Waals surface area contributed by atoms with E-state index in [4.69, 9.17) is 14.6 Å². The summed E-state index contributed by atoms with van der Waals surface area (Å²) in [5.74, 6) is -1.05. The van der Waals surface area contributed by atoms with E-state index in [1.807, 2.05) is 0 Å². The quantitative estimate of drug-likeness (QED) is 0.566. The Morgan fingerprint density at radius 3 is 2.57 bits per heavy atom. The molecule has 6 nitrogen and oxygen atoms in total. The van der Waals surface area contributed by atoms with E-state index in [2.05, 4.69) is 4.99 Å². The molecule has 0 saturated carbocycles. The lowest BCUT2D eigenvalue weighted by atomic mass is 9.91. The van der Waals surface area contributed by atoms with Crippen LogP contribution in [0, 0.1) is 5.92 Å². The van der Waals surface area contributed by atoms with Crippen molar-refractivity contribution in [3.05, 3.63) is 11.3 Å². The summed E-state index contributed by atoms with van der Waals surface area (Å²) in [6.45, 7) is 5.75. The van der Waals surface area contributed by atoms with Crippen molar-refractivity contribution in [2.75, 3.05) is 24.9 Å². The molecule has 1 aliphatic heterocycles. The van der Waals surface area contributed by atoms with Crippen LogP contribution < -0.4 is 0 Å². The lowest BCUT2D eigenvalue weighted by Gasteiger charge is -2.23. The number of esters is 2. The fraction of sp³-hybridized carbons (Fsp3) is 0.643. The number of aliphatic hydroxyl groups is 1. The van der Waals surface area contributed by atoms with Gasteiger partial charge in [0.25, 0.3) is 0 Å². The van der Waals surface area contributed by atoms with Gasteiger partial charge in [-0.05, 0) is 27.2 Å². The predicted octanol–water partition coefficient (Wildman–Crippen LogP) is 1.53. The van der Waals surface area contributed by atoms with Crippen molar-refractivity contribution < 1.29 is 24.2 Å². The number of nitrogens with zero attached hydrogens (tertiary/aromatic N) is 1. The average molecular weight is 315 g/mol. The minimum absolute atomic E-state index is 0.0600. The highest BCUT2D eigenvalue weighted by Crippen LogP contribution is 2.28. The van der Waals surface area contributed by atoms with Gasteiger partial charge in [0.2, 0.25) is 0 Å². The molecule has 0 aromatic carbocycles. The number of ether oxygens (including phenoxy) is 2. The molecule has 0 aromatic rings. The normalized spacial score (nSPS) is 18.3. The second-order valence-corrected chi connectivity index (χ2v) is 5.34. The zero-order valence-electron chi connectivity index (χ0n) is 12.5. The first-order valence-electron chi connectivity index (χ1n) is 6.84. The zero-order valence-corrected chi connectivity index (χ0v) is 13.4. The highest BCUT2D eigenvalue weighted by molar-refractivity contribution is 7.99. The van der Waals surface area contributed by atoms with Gasteiger partial charge in [-0.25, -0.2) is 4.79 Å². The summed E-state index contributed by atoms with van der Waals surface area (Å²) in [5.41, 5.74) is 1.57. The van der Waals surface area contributed by atoms with Gasteiger partial charge in [0, 0.05) is 11.5 Å². The Hall–Kier alpha value is -1.34. The number of carbonyl (C=O) groups is 2. The lowest BCUT2D eigenvalue weighted by Crippen LogP contribution is -2.30. The standard InChI is InChI=1S/C14H21NO5S/c1-4-19-13(17)10-6-11(14(18)20-5-2)12(7-21-8-16)15-9(10)3/h10,16H,4-8H2,1-3H3. The second-order valence-electron chi connectivity index (χ2n) is 4.39. The number of rotatable bonds is 7. The van der Waals surface area contributed by atoms with Crippen molar-refractivity contribution >= 4 is 29.4 Å². The van der Waals surface area contributed by atoms with Gasteiger partial charge in [0.1, 0.15) is 0 Å². The Balaban J connectivity index is 3.01. The monoisotopic (exact) mass is 315 g/mol. The molecular formula is C14H21NO5S. The highest BCUT2D eigenvalue weighted by atomic mass is 32.2. The fourth-order valence-electron chi connectivity index (χ4n) is 2.01. The number of hydrogen-bond donors (Lipinski definition) is 1. The van der Waals surface area contributed by atoms with Crippen LogP contribution in [0.4, 0.5) is 0 Å². The molecule has 0 aromatic heterocycles. The van der Waals surface area contributed by atoms with Crippen LogP contribution in [0.2, 0.25) is 0 Å². The van der Waals surface area contributed by atoms with Gasteiger partial charge in [-0.15, -0.1) is 11.8 Å². The van der Waals surface area contributed by atoms with Crippen molar-refractivity contribution in [1.29, 1.82) is 0 Å². The molecule has 21 heavy (non-hydrogen) atoms. The first-order valence-corrected chi connectivity index (χ1v) is 8.00. The Bertz CT molecular complexity index is 458. The van der Waals surface area contributed by atoms with Crippen molar-refractivity contribution in [3.8, 4) is 0 Å². The summed E-state index contributed by atoms with van der Waals surface area (Å²) >= 11 is 1.24. The van der Waals surface area contributed by atoms with Crippen LogP contribution in [-0.2, 0) is 19.1 Å². The van der Waals surface area contributed by atoms with E-state index in [9.17, 15) is 9.59 Å². The molecule has 0 amide bonds. The number of thioether (sulfide) groups is 1. The number of carbonyl (C=O) groups excluding carboxylic acids is 2. The maximum Gasteiger partial charge on any atom is 0.335 e. The maximum atomic E-state index is 12.0. The van der Waals surface area contributed by atoms with Crippen LogP contribution in [0.15, 0.2) is 16.3 Å². The Labute approximate surface area is 128 Å². The van der Waals surface area contributed by atoms with E-state index >= 15 is 0 Å². The third kappa shape index (κ3) is 4.86. The summed E-state index contributed by atoms with van der Waals surface area (Å²) in [7, 11) is 0. The maximum absolute atomic E-state index is 12.0. The highest BCUT2D eigenvalue weighted by Gasteiger charge is 2.32. The first-order chi connectivity index (χ1) is 10.0. The topological polar surface area (TPSA) is 85.2 Å². The van der Waals surface area contributed by atoms with Crippen molar-refractivity contribution in [2.45, 2.75) is 27.2 Å². The molecule has 0 saturated heterocycles. The molecule has 0 radical (unpaired) electrons. The molecule has 1 aliphatic rings. The largest absolute Gasteiger partial charge is 0.465 e. The molecule has 1 rings (SSSR count). The Morgan fingerprint density at radius 2 is 2.00 bits per heavy atom. The molecule has 1 N–H and O–H groups in total. The van der Waals surface area contributed by atoms with Crippen LogP contribution in [0.3, 0.4) is 0 Å². The van der Waals surface area contributed by atoms with Gasteiger partial charge in [-0.1, -0.05) is 0 Å². The average Bonchev–Trinajstić information content (AvgIpc) is 2.45. The van der Waals surface area contributed by atoms with E-state index < -0.39 is 11.9 Å². The van der Waals surface area contributed by atoms with Crippen LogP contribution in [0.1, 0.15) is 27.2 Å². The van der Waals surface area contributed by atoms with Gasteiger partial charge in [0.15, 0.2) is 0 Å². The van der Waals surface area contributed by atoms with Gasteiger partial charge in [-0.3, -0.25) is 9.79 Å². The third-order valence-electron chi connectivity index (χ3n) is 3.00. The van der Waals surface area contributed by atoms with Crippen LogP contribution >= 0.6 is 11.8 Å². The molecule has 1 unspecified atom stereocenters. The molecule has 1 atom stereocenters. The Morgan fingerprint density at radius 1 is 1.33 bits per heavy atom. The van der Waals surface area contributed by atoms with Gasteiger partial charge < -0.3 is 14.6 Å². The van der Waals surface area contributed by atoms with Crippen molar-refractivity contribution in [1.82, 2.24) is 0 Å². The number of aliphatic imine (C=N–C) groups is 1. The van der Waals surface area contributed by atoms with Gasteiger partial charge >= 0.3 is 11.9 Å². The van der Waals surface area contributed by atoms with Crippen LogP contribution in [-0.4, -0.2) is 47.7 Å². The molecular weight excluding hydrogens is 294 g/mol. The smallest absolute Gasteiger partial charge is 0.335 e. The second kappa shape index (κ2) is 8.84. The van der Waals surface area contributed by atoms with E-state index in [1.165, 1.54) is 11.8 Å². The molecule has 1 heterocycles. The third-order valence-corrected chi connectivity index (χ3v) is 3.66. The summed E-state index contributed by atoms with van der Waals surface area (Å²) in [5, 5.41) is 8.90. The van der Waals surface area contributed by atoms with Gasteiger partial charge in [-0.2, -0.15) is 0 Å². The van der Waals surface area contributed by atoms with Crippen LogP contribution in [0.5, 0.6) is 0 Å². The lowest BCUT2D eigenvalue weighted by molar-refractivity contribution is -0.145. The van der Waals surface area contributed by atoms with Crippen molar-refractivity contribution in [3.63, 3.8) is 0 Å². The minimum atomic E-state index is -0.549. The number of hydrogen-bond acceptors (Lipinski definition) is 7. The summed E-state index contributed by atoms with van der Waals surface area (Å²) in [6.07, 6.45) is 0.230. The predicted molar refractivity (Wildman–Crippen MR) is 81.1 cm³/mol. The summed E-state index contributed by atoms with van der Waals surface area (Å²) in [4.78, 5) is 28.3. The first kappa shape index (κ1) is 17.7. The van der Waals surface area contributed by atoms with Crippen LogP contribution in [0.25, 0.3) is 0 Å². The molecule has 0 fully saturated rings. The van der Waals surface area contributed by atoms with E-state index in [1.54, 1.807) is 20.8 Å². The SMILES string of the molecule is CCOC(=O)C1=C(CSCO)N=C(C)C(C(=O)OCC)C1. The van der Waals surface area contributed by atoms with E-state index in [-0.39, 0.29) is 31.5 Å². The number of aliphatic hydroxyl groups excluding tert-OH is 1. The molecule has 118 valence electrons. The Kier molecular flexibility index (Phi) is 7.45. The van der Waals surface area contributed by atoms with E-state index in [0.29, 0.717) is 22.7 Å². The van der Waals surface area contributed by atoms with Crippen molar-refractivity contribution in [2.24, 2.45) is 10.9 Å². The zero-order chi connectivity index (χ0) is 15.8. The van der Waals surface area contributed by atoms with Gasteiger partial charge in [0.05, 0.1) is 36.3 Å². The fourth-order valence-corrected chi connectivity index (χ4v) is 2.53. The molecule has 7 heteroatoms. The van der Waals surface area contributed by atoms with E-state index in [0.717, 1.165) is 0 Å². The molecule has 0 spiro atoms. The minimum Gasteiger partial charge on any atom is -0.465 e. The molecule has 0 bridgehead atoms. The summed E-state index contributed by atoms with van der Waals surface area (Å²) < 4.78 is 10.0. The molecule has 0 aliphatic carbocycles.